The van der Waals surface area contributed by atoms with Crippen LogP contribution in [0, 0.1) is 3.14 Å². The number of rotatable bonds is 3. The van der Waals surface area contributed by atoms with Gasteiger partial charge in [0.15, 0.2) is 0 Å². The summed E-state index contributed by atoms with van der Waals surface area (Å²) in [4.78, 5) is 5.16. The average molecular weight is 302 g/mol. The molecule has 0 spiro atoms. The van der Waals surface area contributed by atoms with Crippen LogP contribution in [0.15, 0.2) is 39.4 Å². The van der Waals surface area contributed by atoms with Crippen molar-refractivity contribution in [3.05, 3.63) is 39.8 Å². The molecule has 0 aromatic carbocycles. The van der Waals surface area contributed by atoms with Gasteiger partial charge in [-0.1, -0.05) is 36.6 Å². The van der Waals surface area contributed by atoms with E-state index in [0.29, 0.717) is 0 Å². The second kappa shape index (κ2) is 5.46. The molecule has 0 aliphatic carbocycles. The summed E-state index contributed by atoms with van der Waals surface area (Å²) in [6, 6.07) is 5.78. The lowest BCUT2D eigenvalue weighted by Gasteiger charge is -2.02. The molecule has 6 heteroatoms. The minimum atomic E-state index is 0.890. The molecular weight excluding hydrogens is 294 g/mol. The Morgan fingerprint density at radius 2 is 2.25 bits per heavy atom. The van der Waals surface area contributed by atoms with Crippen molar-refractivity contribution in [2.45, 2.75) is 8.42 Å². The fraction of sp³-hybridized carbons (Fsp3) is 0. The van der Waals surface area contributed by atoms with Crippen LogP contribution >= 0.6 is 59.3 Å². The Kier molecular flexibility index (Phi) is 4.21. The van der Waals surface area contributed by atoms with Crippen molar-refractivity contribution in [3.8, 4) is 0 Å². The second-order valence-electron chi connectivity index (χ2n) is 2.79. The summed E-state index contributed by atoms with van der Waals surface area (Å²) in [5, 5.41) is 0. The topological polar surface area (TPSA) is 12.9 Å². The zero-order valence-corrected chi connectivity index (χ0v) is 12.2. The molecule has 0 atom stereocenters. The van der Waals surface area contributed by atoms with Crippen molar-refractivity contribution >= 4 is 64.2 Å². The molecule has 0 bridgehead atoms. The molecule has 1 nitrogen and oxygen atoms in total. The number of hydrogen-bond acceptors (Lipinski definition) is 6. The SMILES string of the molecule is C=C(Sc1sc(=S)sc1S)c1ccccn1. The molecule has 82 valence electrons. The number of nitrogens with zero attached hydrogens (tertiary/aromatic N) is 1. The van der Waals surface area contributed by atoms with E-state index in [0.717, 1.165) is 22.2 Å². The van der Waals surface area contributed by atoms with Gasteiger partial charge in [-0.05, 0) is 12.1 Å². The first kappa shape index (κ1) is 12.3. The van der Waals surface area contributed by atoms with Crippen LogP contribution in [0.4, 0.5) is 0 Å². The Hall–Kier alpha value is -0.140. The van der Waals surface area contributed by atoms with Crippen LogP contribution in [0.3, 0.4) is 0 Å². The van der Waals surface area contributed by atoms with Gasteiger partial charge in [-0.15, -0.1) is 35.3 Å². The average Bonchev–Trinajstić information content (AvgIpc) is 2.59. The van der Waals surface area contributed by atoms with E-state index in [4.69, 9.17) is 12.2 Å². The Labute approximate surface area is 117 Å². The first-order chi connectivity index (χ1) is 7.66. The van der Waals surface area contributed by atoms with E-state index in [9.17, 15) is 0 Å². The predicted octanol–water partition coefficient (Wildman–Crippen LogP) is 4.99. The largest absolute Gasteiger partial charge is 0.256 e. The molecule has 0 aliphatic heterocycles. The van der Waals surface area contributed by atoms with Crippen LogP contribution < -0.4 is 0 Å². The van der Waals surface area contributed by atoms with Crippen molar-refractivity contribution in [1.29, 1.82) is 0 Å². The van der Waals surface area contributed by atoms with Gasteiger partial charge in [-0.25, -0.2) is 0 Å². The molecule has 0 N–H and O–H groups in total. The predicted molar refractivity (Wildman–Crippen MR) is 79.4 cm³/mol. The van der Waals surface area contributed by atoms with Crippen LogP contribution in [0.2, 0.25) is 0 Å². The highest BCUT2D eigenvalue weighted by atomic mass is 32.2. The summed E-state index contributed by atoms with van der Waals surface area (Å²) < 4.78 is 2.94. The molecule has 2 heterocycles. The van der Waals surface area contributed by atoms with Crippen LogP contribution in [0.1, 0.15) is 5.69 Å². The smallest absolute Gasteiger partial charge is 0.145 e. The van der Waals surface area contributed by atoms with Crippen molar-refractivity contribution in [1.82, 2.24) is 4.98 Å². The molecule has 2 aromatic heterocycles. The van der Waals surface area contributed by atoms with Gasteiger partial charge in [0.25, 0.3) is 0 Å². The van der Waals surface area contributed by atoms with E-state index >= 15 is 0 Å². The second-order valence-corrected chi connectivity index (χ2v) is 8.13. The van der Waals surface area contributed by atoms with Crippen molar-refractivity contribution < 1.29 is 0 Å². The molecule has 2 rings (SSSR count). The first-order valence-electron chi connectivity index (χ1n) is 4.28. The van der Waals surface area contributed by atoms with Crippen LogP contribution in [0.25, 0.3) is 4.91 Å². The van der Waals surface area contributed by atoms with Crippen molar-refractivity contribution in [3.63, 3.8) is 0 Å². The fourth-order valence-electron chi connectivity index (χ4n) is 1.02. The van der Waals surface area contributed by atoms with Gasteiger partial charge in [0.2, 0.25) is 0 Å². The molecule has 0 amide bonds. The number of thioether (sulfide) groups is 1. The third-order valence-corrected chi connectivity index (χ3v) is 6.22. The third-order valence-electron chi connectivity index (χ3n) is 1.70. The lowest BCUT2D eigenvalue weighted by atomic mass is 10.3. The number of aromatic nitrogens is 1. The Balaban J connectivity index is 2.20. The highest BCUT2D eigenvalue weighted by Crippen LogP contribution is 2.42. The maximum atomic E-state index is 5.12. The van der Waals surface area contributed by atoms with Gasteiger partial charge >= 0.3 is 0 Å². The Morgan fingerprint density at radius 1 is 1.44 bits per heavy atom. The molecule has 0 unspecified atom stereocenters. The van der Waals surface area contributed by atoms with E-state index in [2.05, 4.69) is 24.2 Å². The van der Waals surface area contributed by atoms with Gasteiger partial charge in [-0.3, -0.25) is 4.98 Å². The third kappa shape index (κ3) is 2.95. The van der Waals surface area contributed by atoms with E-state index in [-0.39, 0.29) is 0 Å². The van der Waals surface area contributed by atoms with E-state index in [1.807, 2.05) is 18.2 Å². The Bertz CT molecular complexity index is 554. The molecule has 0 aliphatic rings. The first-order valence-corrected chi connectivity index (χ1v) is 7.58. The molecular formula is C10H7NS5. The van der Waals surface area contributed by atoms with Gasteiger partial charge in [0.05, 0.1) is 14.1 Å². The maximum Gasteiger partial charge on any atom is 0.145 e. The Morgan fingerprint density at radius 3 is 2.81 bits per heavy atom. The normalized spacial score (nSPS) is 10.3. The summed E-state index contributed by atoms with van der Waals surface area (Å²) in [7, 11) is 0. The van der Waals surface area contributed by atoms with Crippen LogP contribution in [-0.2, 0) is 0 Å². The number of pyridine rings is 1. The van der Waals surface area contributed by atoms with Gasteiger partial charge in [0.1, 0.15) is 3.14 Å². The summed E-state index contributed by atoms with van der Waals surface area (Å²) in [6.07, 6.45) is 1.76. The van der Waals surface area contributed by atoms with Crippen molar-refractivity contribution in [2.75, 3.05) is 0 Å². The van der Waals surface area contributed by atoms with Gasteiger partial charge in [-0.2, -0.15) is 0 Å². The quantitative estimate of drug-likeness (QED) is 0.488. The lowest BCUT2D eigenvalue weighted by Crippen LogP contribution is -1.81. The number of thiol groups is 1. The number of hydrogen-bond donors (Lipinski definition) is 1. The zero-order valence-electron chi connectivity index (χ0n) is 8.04. The lowest BCUT2D eigenvalue weighted by molar-refractivity contribution is 1.29. The molecule has 0 radical (unpaired) electrons. The van der Waals surface area contributed by atoms with Crippen LogP contribution in [0.5, 0.6) is 0 Å². The van der Waals surface area contributed by atoms with Crippen molar-refractivity contribution in [2.24, 2.45) is 0 Å². The highest BCUT2D eigenvalue weighted by Gasteiger charge is 2.08. The summed E-state index contributed by atoms with van der Waals surface area (Å²) in [5.41, 5.74) is 0.893. The summed E-state index contributed by atoms with van der Waals surface area (Å²) in [5.74, 6) is 0. The minimum absolute atomic E-state index is 0.890. The molecule has 0 saturated carbocycles. The van der Waals surface area contributed by atoms with E-state index in [1.165, 1.54) is 11.3 Å². The minimum Gasteiger partial charge on any atom is -0.256 e. The van der Waals surface area contributed by atoms with Gasteiger partial charge in [0, 0.05) is 11.1 Å². The monoisotopic (exact) mass is 301 g/mol. The molecule has 2 aromatic rings. The molecule has 0 saturated heterocycles. The van der Waals surface area contributed by atoms with Gasteiger partial charge < -0.3 is 0 Å². The highest BCUT2D eigenvalue weighted by molar-refractivity contribution is 8.10. The summed E-state index contributed by atoms with van der Waals surface area (Å²) >= 11 is 14.2. The van der Waals surface area contributed by atoms with Crippen LogP contribution in [-0.4, -0.2) is 4.98 Å². The fourth-order valence-corrected chi connectivity index (χ4v) is 5.65. The molecule has 16 heavy (non-hydrogen) atoms. The van der Waals surface area contributed by atoms with E-state index in [1.54, 1.807) is 29.3 Å². The van der Waals surface area contributed by atoms with E-state index < -0.39 is 0 Å². The maximum absolute atomic E-state index is 5.12. The summed E-state index contributed by atoms with van der Waals surface area (Å²) in [6.45, 7) is 4.01. The standard InChI is InChI=1S/C10H7NS5/c1-6(7-4-2-3-5-11-7)14-9-8(12)15-10(13)16-9/h2-5,12H,1H2. The molecule has 0 fully saturated rings. The zero-order chi connectivity index (χ0) is 11.5.